The number of H-pyrrole nitrogens is 1. The fourth-order valence-electron chi connectivity index (χ4n) is 4.14. The zero-order valence-corrected chi connectivity index (χ0v) is 17.2. The first-order valence-corrected chi connectivity index (χ1v) is 10.5. The molecule has 4 N–H and O–H groups in total. The van der Waals surface area contributed by atoms with E-state index in [-0.39, 0.29) is 42.5 Å². The molecule has 10 heteroatoms. The van der Waals surface area contributed by atoms with Crippen LogP contribution in [0, 0.1) is 5.92 Å². The van der Waals surface area contributed by atoms with Crippen molar-refractivity contribution < 1.29 is 19.1 Å². The highest BCUT2D eigenvalue weighted by molar-refractivity contribution is 6.08. The lowest BCUT2D eigenvalue weighted by Gasteiger charge is -2.18. The quantitative estimate of drug-likeness (QED) is 0.486. The third-order valence-corrected chi connectivity index (χ3v) is 5.79. The fourth-order valence-corrected chi connectivity index (χ4v) is 4.14. The molecule has 3 aromatic rings. The van der Waals surface area contributed by atoms with Crippen LogP contribution in [0.15, 0.2) is 30.7 Å². The van der Waals surface area contributed by atoms with Gasteiger partial charge in [-0.3, -0.25) is 14.4 Å². The summed E-state index contributed by atoms with van der Waals surface area (Å²) in [5.41, 5.74) is 3.04. The maximum Gasteiger partial charge on any atom is 0.272 e. The van der Waals surface area contributed by atoms with Gasteiger partial charge in [-0.05, 0) is 30.5 Å². The molecule has 164 valence electrons. The van der Waals surface area contributed by atoms with Crippen molar-refractivity contribution >= 4 is 40.1 Å². The molecule has 1 aliphatic carbocycles. The summed E-state index contributed by atoms with van der Waals surface area (Å²) in [5, 5.41) is 8.50. The summed E-state index contributed by atoms with van der Waals surface area (Å²) >= 11 is 0. The third-order valence-electron chi connectivity index (χ3n) is 5.79. The molecule has 1 aliphatic heterocycles. The molecule has 0 bridgehead atoms. The van der Waals surface area contributed by atoms with Crippen molar-refractivity contribution in [3.63, 3.8) is 0 Å². The zero-order valence-electron chi connectivity index (χ0n) is 17.2. The average molecular weight is 434 g/mol. The molecule has 1 saturated carbocycles. The molecule has 2 aromatic heterocycles. The lowest BCUT2D eigenvalue weighted by Crippen LogP contribution is -2.26. The Morgan fingerprint density at radius 1 is 1.19 bits per heavy atom. The van der Waals surface area contributed by atoms with Crippen LogP contribution < -0.4 is 20.7 Å². The summed E-state index contributed by atoms with van der Waals surface area (Å²) in [6.45, 7) is 0.228. The number of hydrogen-bond donors (Lipinski definition) is 4. The van der Waals surface area contributed by atoms with Crippen molar-refractivity contribution in [1.29, 1.82) is 0 Å². The smallest absolute Gasteiger partial charge is 0.272 e. The van der Waals surface area contributed by atoms with Gasteiger partial charge in [0.2, 0.25) is 5.91 Å². The molecule has 3 amide bonds. The summed E-state index contributed by atoms with van der Waals surface area (Å²) in [7, 11) is 0. The zero-order chi connectivity index (χ0) is 22.1. The number of fused-ring (bicyclic) bond motifs is 2. The van der Waals surface area contributed by atoms with Crippen LogP contribution in [-0.4, -0.2) is 39.3 Å². The van der Waals surface area contributed by atoms with Crippen molar-refractivity contribution in [3.8, 4) is 5.75 Å². The number of carbonyl (C=O) groups is 3. The van der Waals surface area contributed by atoms with E-state index in [1.807, 2.05) is 6.07 Å². The monoisotopic (exact) mass is 434 g/mol. The van der Waals surface area contributed by atoms with Gasteiger partial charge in [0.15, 0.2) is 12.3 Å². The Balaban J connectivity index is 1.30. The average Bonchev–Trinajstić information content (AvgIpc) is 3.48. The largest absolute Gasteiger partial charge is 0.482 e. The standard InChI is InChI=1S/C22H22N6O4/c29-17-10-32-16-6-5-12(7-14(16)27-17)8-24-22(31)20-19-18(25-11-26-20)15(9-23-19)28-21(30)13-3-1-2-4-13/h5-7,9,11,13,23H,1-4,8,10H2,(H,24,31)(H,27,29)(H,28,30). The molecule has 1 fully saturated rings. The van der Waals surface area contributed by atoms with Crippen molar-refractivity contribution in [2.75, 3.05) is 17.2 Å². The number of benzene rings is 1. The first-order chi connectivity index (χ1) is 15.6. The van der Waals surface area contributed by atoms with E-state index in [0.29, 0.717) is 28.2 Å². The molecule has 3 heterocycles. The summed E-state index contributed by atoms with van der Waals surface area (Å²) in [6.07, 6.45) is 6.88. The first kappa shape index (κ1) is 20.0. The van der Waals surface area contributed by atoms with Gasteiger partial charge in [0.05, 0.1) is 16.9 Å². The SMILES string of the molecule is O=C1COc2ccc(CNC(=O)c3ncnc4c(NC(=O)C5CCCC5)c[nH]c34)cc2N1. The normalized spacial score (nSPS) is 15.7. The highest BCUT2D eigenvalue weighted by Gasteiger charge is 2.24. The lowest BCUT2D eigenvalue weighted by atomic mass is 10.1. The Morgan fingerprint density at radius 3 is 2.88 bits per heavy atom. The van der Waals surface area contributed by atoms with Gasteiger partial charge < -0.3 is 25.7 Å². The molecule has 2 aliphatic rings. The van der Waals surface area contributed by atoms with Crippen LogP contribution in [0.25, 0.3) is 11.0 Å². The van der Waals surface area contributed by atoms with Crippen LogP contribution in [0.1, 0.15) is 41.7 Å². The van der Waals surface area contributed by atoms with Crippen molar-refractivity contribution in [1.82, 2.24) is 20.3 Å². The van der Waals surface area contributed by atoms with Crippen LogP contribution in [0.2, 0.25) is 0 Å². The van der Waals surface area contributed by atoms with Gasteiger partial charge in [0.1, 0.15) is 17.6 Å². The fraction of sp³-hybridized carbons (Fsp3) is 0.318. The number of nitrogens with zero attached hydrogens (tertiary/aromatic N) is 2. The predicted octanol–water partition coefficient (Wildman–Crippen LogP) is 2.35. The predicted molar refractivity (Wildman–Crippen MR) is 116 cm³/mol. The topological polar surface area (TPSA) is 138 Å². The second-order valence-electron chi connectivity index (χ2n) is 7.97. The molecule has 10 nitrogen and oxygen atoms in total. The van der Waals surface area contributed by atoms with Gasteiger partial charge in [-0.15, -0.1) is 0 Å². The Bertz CT molecular complexity index is 1210. The number of aromatic amines is 1. The lowest BCUT2D eigenvalue weighted by molar-refractivity contribution is -0.120. The van der Waals surface area contributed by atoms with Gasteiger partial charge in [-0.25, -0.2) is 9.97 Å². The van der Waals surface area contributed by atoms with E-state index in [2.05, 4.69) is 30.9 Å². The van der Waals surface area contributed by atoms with Gasteiger partial charge >= 0.3 is 0 Å². The van der Waals surface area contributed by atoms with Crippen molar-refractivity contribution in [2.24, 2.45) is 5.92 Å². The second kappa shape index (κ2) is 8.29. The molecule has 5 rings (SSSR count). The summed E-state index contributed by atoms with van der Waals surface area (Å²) < 4.78 is 5.35. The number of hydrogen-bond acceptors (Lipinski definition) is 6. The van der Waals surface area contributed by atoms with E-state index in [1.165, 1.54) is 6.33 Å². The Morgan fingerprint density at radius 2 is 2.03 bits per heavy atom. The van der Waals surface area contributed by atoms with E-state index in [1.54, 1.807) is 18.3 Å². The van der Waals surface area contributed by atoms with Crippen molar-refractivity contribution in [3.05, 3.63) is 42.0 Å². The van der Waals surface area contributed by atoms with Crippen LogP contribution in [0.5, 0.6) is 5.75 Å². The molecular weight excluding hydrogens is 412 g/mol. The van der Waals surface area contributed by atoms with Gasteiger partial charge in [0.25, 0.3) is 11.8 Å². The van der Waals surface area contributed by atoms with E-state index in [4.69, 9.17) is 4.74 Å². The van der Waals surface area contributed by atoms with Crippen molar-refractivity contribution in [2.45, 2.75) is 32.2 Å². The third kappa shape index (κ3) is 3.86. The molecule has 0 radical (unpaired) electrons. The van der Waals surface area contributed by atoms with Gasteiger partial charge in [-0.2, -0.15) is 0 Å². The minimum absolute atomic E-state index is 0.00790. The van der Waals surface area contributed by atoms with Gasteiger partial charge in [-0.1, -0.05) is 18.9 Å². The Kier molecular flexibility index (Phi) is 5.18. The molecule has 0 atom stereocenters. The Hall–Kier alpha value is -3.95. The van der Waals surface area contributed by atoms with Crippen LogP contribution in [-0.2, 0) is 16.1 Å². The minimum Gasteiger partial charge on any atom is -0.482 e. The Labute approximate surface area is 183 Å². The minimum atomic E-state index is -0.383. The molecule has 0 saturated heterocycles. The number of nitrogens with one attached hydrogen (secondary N) is 4. The summed E-state index contributed by atoms with van der Waals surface area (Å²) in [4.78, 5) is 48.2. The van der Waals surface area contributed by atoms with E-state index >= 15 is 0 Å². The molecule has 0 spiro atoms. The number of amides is 3. The number of rotatable bonds is 5. The summed E-state index contributed by atoms with van der Waals surface area (Å²) in [5.74, 6) is -0.000774. The van der Waals surface area contributed by atoms with E-state index < -0.39 is 0 Å². The van der Waals surface area contributed by atoms with E-state index in [0.717, 1.165) is 31.2 Å². The maximum atomic E-state index is 12.8. The number of aromatic nitrogens is 3. The highest BCUT2D eigenvalue weighted by Crippen LogP contribution is 2.29. The molecule has 32 heavy (non-hydrogen) atoms. The first-order valence-electron chi connectivity index (χ1n) is 10.5. The maximum absolute atomic E-state index is 12.8. The molecular formula is C22H22N6O4. The molecule has 0 unspecified atom stereocenters. The van der Waals surface area contributed by atoms with Crippen LogP contribution in [0.3, 0.4) is 0 Å². The second-order valence-corrected chi connectivity index (χ2v) is 7.97. The summed E-state index contributed by atoms with van der Waals surface area (Å²) in [6, 6.07) is 5.33. The van der Waals surface area contributed by atoms with Crippen LogP contribution in [0.4, 0.5) is 11.4 Å². The van der Waals surface area contributed by atoms with Gasteiger partial charge in [0, 0.05) is 18.7 Å². The highest BCUT2D eigenvalue weighted by atomic mass is 16.5. The van der Waals surface area contributed by atoms with Crippen LogP contribution >= 0.6 is 0 Å². The number of anilines is 2. The number of carbonyl (C=O) groups excluding carboxylic acids is 3. The molecule has 1 aromatic carbocycles. The van der Waals surface area contributed by atoms with E-state index in [9.17, 15) is 14.4 Å². The number of ether oxygens (including phenoxy) is 1.